The van der Waals surface area contributed by atoms with Gasteiger partial charge < -0.3 is 0 Å². The second kappa shape index (κ2) is 11.1. The lowest BCUT2D eigenvalue weighted by Crippen LogP contribution is -2.31. The first-order valence-electron chi connectivity index (χ1n) is 7.05. The van der Waals surface area contributed by atoms with E-state index in [1.165, 1.54) is 77.8 Å². The summed E-state index contributed by atoms with van der Waals surface area (Å²) in [6.45, 7) is 7.60. The van der Waals surface area contributed by atoms with Crippen LogP contribution in [0.3, 0.4) is 0 Å². The van der Waals surface area contributed by atoms with Gasteiger partial charge in [-0.3, -0.25) is 9.80 Å². The molecule has 2 rings (SSSR count). The summed E-state index contributed by atoms with van der Waals surface area (Å²) in [4.78, 5) is 5.16. The van der Waals surface area contributed by atoms with Crippen LogP contribution in [-0.4, -0.2) is 49.1 Å². The Kier molecular flexibility index (Phi) is 11.2. The van der Waals surface area contributed by atoms with Crippen LogP contribution in [0.1, 0.15) is 38.5 Å². The molecule has 0 aliphatic carbocycles. The van der Waals surface area contributed by atoms with Gasteiger partial charge in [-0.1, -0.05) is 25.0 Å². The summed E-state index contributed by atoms with van der Waals surface area (Å²) < 4.78 is 0. The average molecular weight is 295 g/mol. The SMILES string of the molecule is C(=C/CN1CCCCC1)/CN1CCCCC1.Cl.Cl. The minimum atomic E-state index is 0. The molecule has 0 atom stereocenters. The molecule has 0 unspecified atom stereocenters. The number of hydrogen-bond acceptors (Lipinski definition) is 2. The van der Waals surface area contributed by atoms with Crippen LogP contribution in [0.5, 0.6) is 0 Å². The van der Waals surface area contributed by atoms with Gasteiger partial charge in [0.15, 0.2) is 0 Å². The molecule has 4 heteroatoms. The highest BCUT2D eigenvalue weighted by atomic mass is 35.5. The van der Waals surface area contributed by atoms with Crippen LogP contribution >= 0.6 is 24.8 Å². The number of rotatable bonds is 4. The lowest BCUT2D eigenvalue weighted by molar-refractivity contribution is 0.245. The first-order valence-corrected chi connectivity index (χ1v) is 7.05. The first-order chi connectivity index (χ1) is 7.95. The standard InChI is InChI=1S/C14H26N2.2ClH/c1-3-9-15(10-4-1)13-7-8-14-16-11-5-2-6-12-16;;/h7-8H,1-6,9-14H2;2*1H/b8-7-;;. The third kappa shape index (κ3) is 6.98. The minimum absolute atomic E-state index is 0. The second-order valence-corrected chi connectivity index (χ2v) is 5.19. The Morgan fingerprint density at radius 2 is 0.889 bits per heavy atom. The van der Waals surface area contributed by atoms with E-state index in [-0.39, 0.29) is 24.8 Å². The summed E-state index contributed by atoms with van der Waals surface area (Å²) in [5.74, 6) is 0. The van der Waals surface area contributed by atoms with Crippen molar-refractivity contribution in [2.24, 2.45) is 0 Å². The topological polar surface area (TPSA) is 6.48 Å². The van der Waals surface area contributed by atoms with E-state index in [2.05, 4.69) is 22.0 Å². The Bertz CT molecular complexity index is 188. The van der Waals surface area contributed by atoms with Crippen LogP contribution in [0.4, 0.5) is 0 Å². The van der Waals surface area contributed by atoms with E-state index >= 15 is 0 Å². The van der Waals surface area contributed by atoms with Gasteiger partial charge in [-0.05, 0) is 51.9 Å². The van der Waals surface area contributed by atoms with E-state index in [0.717, 1.165) is 0 Å². The van der Waals surface area contributed by atoms with Crippen LogP contribution in [0.2, 0.25) is 0 Å². The molecular formula is C14H28Cl2N2. The van der Waals surface area contributed by atoms with Crippen molar-refractivity contribution in [3.8, 4) is 0 Å². The van der Waals surface area contributed by atoms with E-state index in [1.54, 1.807) is 0 Å². The number of likely N-dealkylation sites (tertiary alicyclic amines) is 2. The zero-order valence-electron chi connectivity index (χ0n) is 11.4. The molecule has 0 saturated carbocycles. The van der Waals surface area contributed by atoms with Crippen molar-refractivity contribution < 1.29 is 0 Å². The fourth-order valence-electron chi connectivity index (χ4n) is 2.73. The number of piperidine rings is 2. The molecule has 0 spiro atoms. The quantitative estimate of drug-likeness (QED) is 0.734. The maximum Gasteiger partial charge on any atom is 0.0163 e. The highest BCUT2D eigenvalue weighted by Crippen LogP contribution is 2.09. The van der Waals surface area contributed by atoms with Gasteiger partial charge in [0.05, 0.1) is 0 Å². The van der Waals surface area contributed by atoms with E-state index < -0.39 is 0 Å². The normalized spacial score (nSPS) is 22.4. The summed E-state index contributed by atoms with van der Waals surface area (Å²) in [6.07, 6.45) is 13.2. The molecule has 0 amide bonds. The van der Waals surface area contributed by atoms with Crippen molar-refractivity contribution in [1.29, 1.82) is 0 Å². The summed E-state index contributed by atoms with van der Waals surface area (Å²) in [6, 6.07) is 0. The molecule has 18 heavy (non-hydrogen) atoms. The molecule has 0 aromatic heterocycles. The van der Waals surface area contributed by atoms with Gasteiger partial charge in [0.25, 0.3) is 0 Å². The van der Waals surface area contributed by atoms with E-state index in [9.17, 15) is 0 Å². The summed E-state index contributed by atoms with van der Waals surface area (Å²) in [5, 5.41) is 0. The monoisotopic (exact) mass is 294 g/mol. The maximum absolute atomic E-state index is 2.58. The number of nitrogens with zero attached hydrogens (tertiary/aromatic N) is 2. The van der Waals surface area contributed by atoms with Gasteiger partial charge in [-0.25, -0.2) is 0 Å². The minimum Gasteiger partial charge on any atom is -0.300 e. The smallest absolute Gasteiger partial charge is 0.0163 e. The molecule has 0 N–H and O–H groups in total. The molecule has 2 aliphatic heterocycles. The van der Waals surface area contributed by atoms with E-state index in [1.807, 2.05) is 0 Å². The fourth-order valence-corrected chi connectivity index (χ4v) is 2.73. The zero-order chi connectivity index (χ0) is 11.1. The Morgan fingerprint density at radius 3 is 1.22 bits per heavy atom. The van der Waals surface area contributed by atoms with Gasteiger partial charge in [0, 0.05) is 13.1 Å². The van der Waals surface area contributed by atoms with Crippen LogP contribution < -0.4 is 0 Å². The van der Waals surface area contributed by atoms with E-state index in [0.29, 0.717) is 0 Å². The Balaban J connectivity index is 0.00000144. The molecule has 2 heterocycles. The van der Waals surface area contributed by atoms with Crippen LogP contribution in [0.25, 0.3) is 0 Å². The van der Waals surface area contributed by atoms with Crippen molar-refractivity contribution in [2.75, 3.05) is 39.3 Å². The molecular weight excluding hydrogens is 267 g/mol. The van der Waals surface area contributed by atoms with Gasteiger partial charge >= 0.3 is 0 Å². The largest absolute Gasteiger partial charge is 0.300 e. The zero-order valence-corrected chi connectivity index (χ0v) is 13.0. The molecule has 2 fully saturated rings. The second-order valence-electron chi connectivity index (χ2n) is 5.19. The number of hydrogen-bond donors (Lipinski definition) is 0. The highest BCUT2D eigenvalue weighted by molar-refractivity contribution is 5.85. The van der Waals surface area contributed by atoms with Crippen molar-refractivity contribution in [1.82, 2.24) is 9.80 Å². The Morgan fingerprint density at radius 1 is 0.556 bits per heavy atom. The molecule has 2 saturated heterocycles. The van der Waals surface area contributed by atoms with Gasteiger partial charge in [-0.15, -0.1) is 24.8 Å². The third-order valence-electron chi connectivity index (χ3n) is 3.79. The van der Waals surface area contributed by atoms with Crippen molar-refractivity contribution >= 4 is 24.8 Å². The first kappa shape index (κ1) is 18.2. The van der Waals surface area contributed by atoms with Crippen molar-refractivity contribution in [3.05, 3.63) is 12.2 Å². The van der Waals surface area contributed by atoms with E-state index in [4.69, 9.17) is 0 Å². The van der Waals surface area contributed by atoms with Crippen LogP contribution in [-0.2, 0) is 0 Å². The Labute approximate surface area is 125 Å². The lowest BCUT2D eigenvalue weighted by atomic mass is 10.1. The summed E-state index contributed by atoms with van der Waals surface area (Å²) >= 11 is 0. The molecule has 0 aromatic carbocycles. The predicted octanol–water partition coefficient (Wildman–Crippen LogP) is 3.36. The lowest BCUT2D eigenvalue weighted by Gasteiger charge is -2.26. The Hall–Kier alpha value is 0.240. The molecule has 2 nitrogen and oxygen atoms in total. The van der Waals surface area contributed by atoms with Crippen LogP contribution in [0.15, 0.2) is 12.2 Å². The van der Waals surface area contributed by atoms with Gasteiger partial charge in [-0.2, -0.15) is 0 Å². The summed E-state index contributed by atoms with van der Waals surface area (Å²) in [7, 11) is 0. The highest BCUT2D eigenvalue weighted by Gasteiger charge is 2.09. The molecule has 0 bridgehead atoms. The summed E-state index contributed by atoms with van der Waals surface area (Å²) in [5.41, 5.74) is 0. The number of halogens is 2. The van der Waals surface area contributed by atoms with Crippen molar-refractivity contribution in [2.45, 2.75) is 38.5 Å². The molecule has 108 valence electrons. The molecule has 0 aromatic rings. The van der Waals surface area contributed by atoms with Crippen molar-refractivity contribution in [3.63, 3.8) is 0 Å². The average Bonchev–Trinajstić information content (AvgIpc) is 2.37. The predicted molar refractivity (Wildman–Crippen MR) is 84.2 cm³/mol. The van der Waals surface area contributed by atoms with Gasteiger partial charge in [0.1, 0.15) is 0 Å². The third-order valence-corrected chi connectivity index (χ3v) is 3.79. The van der Waals surface area contributed by atoms with Gasteiger partial charge in [0.2, 0.25) is 0 Å². The molecule has 2 aliphatic rings. The van der Waals surface area contributed by atoms with Crippen LogP contribution in [0, 0.1) is 0 Å². The fraction of sp³-hybridized carbons (Fsp3) is 0.857. The maximum atomic E-state index is 2.58. The molecule has 0 radical (unpaired) electrons.